The number of hydrogen-bond donors (Lipinski definition) is 2. The summed E-state index contributed by atoms with van der Waals surface area (Å²) in [6.07, 6.45) is 2.78. The quantitative estimate of drug-likeness (QED) is 0.762. The first-order valence-electron chi connectivity index (χ1n) is 8.15. The number of aliphatic hydroxyl groups is 1. The first-order valence-corrected chi connectivity index (χ1v) is 8.15. The van der Waals surface area contributed by atoms with Crippen LogP contribution in [0.25, 0.3) is 5.52 Å². The van der Waals surface area contributed by atoms with Crippen LogP contribution in [-0.2, 0) is 6.42 Å². The van der Waals surface area contributed by atoms with Gasteiger partial charge in [-0.15, -0.1) is 0 Å². The molecule has 4 rings (SSSR count). The van der Waals surface area contributed by atoms with Gasteiger partial charge in [-0.25, -0.2) is 4.98 Å². The molecule has 2 N–H and O–H groups in total. The number of rotatable bonds is 2. The van der Waals surface area contributed by atoms with Gasteiger partial charge < -0.3 is 14.8 Å². The number of benzene rings is 1. The summed E-state index contributed by atoms with van der Waals surface area (Å²) in [4.78, 5) is 17.2. The molecule has 0 saturated carbocycles. The molecule has 1 amide bonds. The van der Waals surface area contributed by atoms with E-state index in [0.717, 1.165) is 23.3 Å². The lowest BCUT2D eigenvalue weighted by Crippen LogP contribution is -2.39. The fourth-order valence-electron chi connectivity index (χ4n) is 3.48. The Labute approximate surface area is 140 Å². The molecule has 5 nitrogen and oxygen atoms in total. The van der Waals surface area contributed by atoms with Crippen molar-refractivity contribution < 1.29 is 9.90 Å². The summed E-state index contributed by atoms with van der Waals surface area (Å²) in [5.41, 5.74) is 3.33. The van der Waals surface area contributed by atoms with E-state index in [1.54, 1.807) is 0 Å². The van der Waals surface area contributed by atoms with Gasteiger partial charge in [-0.2, -0.15) is 0 Å². The number of aliphatic hydroxyl groups excluding tert-OH is 1. The molecule has 0 saturated heterocycles. The van der Waals surface area contributed by atoms with E-state index in [9.17, 15) is 9.90 Å². The van der Waals surface area contributed by atoms with Crippen LogP contribution in [0.5, 0.6) is 0 Å². The van der Waals surface area contributed by atoms with Crippen molar-refractivity contribution in [2.45, 2.75) is 31.9 Å². The van der Waals surface area contributed by atoms with E-state index in [0.29, 0.717) is 12.1 Å². The summed E-state index contributed by atoms with van der Waals surface area (Å²) in [5, 5.41) is 13.4. The van der Waals surface area contributed by atoms with Crippen molar-refractivity contribution in [1.29, 1.82) is 0 Å². The number of pyridine rings is 1. The molecule has 1 aromatic carbocycles. The number of hydrogen-bond acceptors (Lipinski definition) is 3. The van der Waals surface area contributed by atoms with Crippen LogP contribution in [0.3, 0.4) is 0 Å². The Bertz CT molecular complexity index is 916. The number of aromatic nitrogens is 2. The lowest BCUT2D eigenvalue weighted by Gasteiger charge is -2.30. The second-order valence-electron chi connectivity index (χ2n) is 6.22. The minimum atomic E-state index is -0.584. The number of nitrogens with zero attached hydrogens (tertiary/aromatic N) is 2. The van der Waals surface area contributed by atoms with Crippen LogP contribution in [0.2, 0.25) is 0 Å². The third kappa shape index (κ3) is 2.37. The standard InChI is InChI=1S/C19H19N3O2/c1-12-20-18(15-8-4-5-11-22(12)15)19(24)21-17-14-7-3-2-6-13(14)9-10-16(17)23/h2-8,11,16-17,23H,9-10H2,1H3,(H,21,24)/t16-,17+/m1/s1. The summed E-state index contributed by atoms with van der Waals surface area (Å²) in [5.74, 6) is 0.507. The highest BCUT2D eigenvalue weighted by Crippen LogP contribution is 2.30. The molecule has 5 heteroatoms. The van der Waals surface area contributed by atoms with E-state index in [-0.39, 0.29) is 5.91 Å². The maximum Gasteiger partial charge on any atom is 0.272 e. The van der Waals surface area contributed by atoms with Gasteiger partial charge in [-0.05, 0) is 43.0 Å². The predicted octanol–water partition coefficient (Wildman–Crippen LogP) is 2.42. The summed E-state index contributed by atoms with van der Waals surface area (Å²) >= 11 is 0. The van der Waals surface area contributed by atoms with Crippen molar-refractivity contribution in [3.8, 4) is 0 Å². The van der Waals surface area contributed by atoms with Crippen LogP contribution in [0.1, 0.15) is 39.9 Å². The van der Waals surface area contributed by atoms with Crippen LogP contribution in [0, 0.1) is 6.92 Å². The maximum atomic E-state index is 12.8. The molecule has 0 spiro atoms. The molecule has 2 heterocycles. The van der Waals surface area contributed by atoms with E-state index in [1.165, 1.54) is 5.56 Å². The average Bonchev–Trinajstić information content (AvgIpc) is 2.95. The van der Waals surface area contributed by atoms with Gasteiger partial charge in [0.15, 0.2) is 5.69 Å². The van der Waals surface area contributed by atoms with Crippen LogP contribution >= 0.6 is 0 Å². The Hall–Kier alpha value is -2.66. The van der Waals surface area contributed by atoms with Gasteiger partial charge in [0.05, 0.1) is 17.7 Å². The highest BCUT2D eigenvalue weighted by molar-refractivity contribution is 5.99. The summed E-state index contributed by atoms with van der Waals surface area (Å²) < 4.78 is 1.89. The monoisotopic (exact) mass is 321 g/mol. The molecule has 0 aliphatic heterocycles. The molecule has 0 fully saturated rings. The first-order chi connectivity index (χ1) is 11.6. The third-order valence-electron chi connectivity index (χ3n) is 4.71. The Morgan fingerprint density at radius 1 is 1.25 bits per heavy atom. The molecule has 0 unspecified atom stereocenters. The van der Waals surface area contributed by atoms with Crippen molar-refractivity contribution >= 4 is 11.4 Å². The Balaban J connectivity index is 1.69. The van der Waals surface area contributed by atoms with E-state index in [2.05, 4.69) is 16.4 Å². The van der Waals surface area contributed by atoms with Crippen molar-refractivity contribution in [3.05, 3.63) is 71.3 Å². The second-order valence-corrected chi connectivity index (χ2v) is 6.22. The van der Waals surface area contributed by atoms with E-state index in [1.807, 2.05) is 53.9 Å². The van der Waals surface area contributed by atoms with E-state index >= 15 is 0 Å². The number of carbonyl (C=O) groups excluding carboxylic acids is 1. The molecule has 0 radical (unpaired) electrons. The van der Waals surface area contributed by atoms with Gasteiger partial charge >= 0.3 is 0 Å². The summed E-state index contributed by atoms with van der Waals surface area (Å²) in [7, 11) is 0. The molecular weight excluding hydrogens is 302 g/mol. The molecule has 0 bridgehead atoms. The van der Waals surface area contributed by atoms with Crippen LogP contribution in [-0.4, -0.2) is 26.5 Å². The molecular formula is C19H19N3O2. The van der Waals surface area contributed by atoms with Gasteiger partial charge in [-0.3, -0.25) is 4.79 Å². The SMILES string of the molecule is Cc1nc(C(=O)N[C@H]2c3ccccc3CC[C@H]2O)c2ccccn12. The number of imidazole rings is 1. The van der Waals surface area contributed by atoms with Gasteiger partial charge in [0.25, 0.3) is 5.91 Å². The van der Waals surface area contributed by atoms with Gasteiger partial charge in [0.2, 0.25) is 0 Å². The number of amides is 1. The van der Waals surface area contributed by atoms with Crippen LogP contribution in [0.15, 0.2) is 48.7 Å². The van der Waals surface area contributed by atoms with Crippen molar-refractivity contribution in [1.82, 2.24) is 14.7 Å². The lowest BCUT2D eigenvalue weighted by atomic mass is 9.85. The minimum absolute atomic E-state index is 0.257. The fraction of sp³-hybridized carbons (Fsp3) is 0.263. The van der Waals surface area contributed by atoms with Crippen LogP contribution < -0.4 is 5.32 Å². The number of carbonyl (C=O) groups is 1. The van der Waals surface area contributed by atoms with Gasteiger partial charge in [0, 0.05) is 6.20 Å². The number of nitrogens with one attached hydrogen (secondary N) is 1. The van der Waals surface area contributed by atoms with Crippen molar-refractivity contribution in [2.24, 2.45) is 0 Å². The molecule has 3 aromatic rings. The molecule has 24 heavy (non-hydrogen) atoms. The summed E-state index contributed by atoms with van der Waals surface area (Å²) in [6.45, 7) is 1.87. The van der Waals surface area contributed by atoms with E-state index in [4.69, 9.17) is 0 Å². The molecule has 2 atom stereocenters. The Morgan fingerprint density at radius 3 is 2.92 bits per heavy atom. The smallest absolute Gasteiger partial charge is 0.272 e. The number of aryl methyl sites for hydroxylation is 2. The lowest BCUT2D eigenvalue weighted by molar-refractivity contribution is 0.0789. The van der Waals surface area contributed by atoms with Gasteiger partial charge in [-0.1, -0.05) is 30.3 Å². The van der Waals surface area contributed by atoms with E-state index < -0.39 is 12.1 Å². The zero-order valence-electron chi connectivity index (χ0n) is 13.4. The zero-order chi connectivity index (χ0) is 16.7. The van der Waals surface area contributed by atoms with Crippen LogP contribution in [0.4, 0.5) is 0 Å². The largest absolute Gasteiger partial charge is 0.391 e. The zero-order valence-corrected chi connectivity index (χ0v) is 13.4. The fourth-order valence-corrected chi connectivity index (χ4v) is 3.48. The first kappa shape index (κ1) is 14.9. The van der Waals surface area contributed by atoms with Gasteiger partial charge in [0.1, 0.15) is 5.82 Å². The molecule has 1 aliphatic carbocycles. The highest BCUT2D eigenvalue weighted by Gasteiger charge is 2.30. The number of fused-ring (bicyclic) bond motifs is 2. The Morgan fingerprint density at radius 2 is 2.04 bits per heavy atom. The average molecular weight is 321 g/mol. The molecule has 1 aliphatic rings. The topological polar surface area (TPSA) is 66.6 Å². The minimum Gasteiger partial charge on any atom is -0.391 e. The maximum absolute atomic E-state index is 12.8. The predicted molar refractivity (Wildman–Crippen MR) is 90.9 cm³/mol. The highest BCUT2D eigenvalue weighted by atomic mass is 16.3. The van der Waals surface area contributed by atoms with Crippen molar-refractivity contribution in [2.75, 3.05) is 0 Å². The van der Waals surface area contributed by atoms with Crippen molar-refractivity contribution in [3.63, 3.8) is 0 Å². The second kappa shape index (κ2) is 5.76. The Kier molecular flexibility index (Phi) is 3.58. The normalized spacial score (nSPS) is 19.9. The summed E-state index contributed by atoms with van der Waals surface area (Å²) in [6, 6.07) is 13.2. The molecule has 2 aromatic heterocycles. The third-order valence-corrected chi connectivity index (χ3v) is 4.71. The molecule has 122 valence electrons.